The Bertz CT molecular complexity index is 480. The van der Waals surface area contributed by atoms with Crippen LogP contribution in [0.15, 0.2) is 18.3 Å². The number of aromatic nitrogens is 1. The lowest BCUT2D eigenvalue weighted by atomic mass is 10.2. The molecule has 1 aromatic rings. The van der Waals surface area contributed by atoms with Gasteiger partial charge in [0.05, 0.1) is 6.61 Å². The van der Waals surface area contributed by atoms with Gasteiger partial charge in [0, 0.05) is 45.6 Å². The third-order valence-corrected chi connectivity index (χ3v) is 2.65. The first-order chi connectivity index (χ1) is 9.45. The molecule has 0 aliphatic carbocycles. The van der Waals surface area contributed by atoms with Gasteiger partial charge in [-0.3, -0.25) is 9.59 Å². The smallest absolute Gasteiger partial charge is 0.254 e. The van der Waals surface area contributed by atoms with E-state index < -0.39 is 11.9 Å². The first kappa shape index (κ1) is 16.0. The van der Waals surface area contributed by atoms with E-state index in [1.54, 1.807) is 14.1 Å². The maximum absolute atomic E-state index is 13.1. The average molecular weight is 283 g/mol. The highest BCUT2D eigenvalue weighted by atomic mass is 19.1. The fourth-order valence-corrected chi connectivity index (χ4v) is 1.48. The molecule has 0 atom stereocenters. The number of pyridine rings is 1. The molecule has 1 aromatic heterocycles. The summed E-state index contributed by atoms with van der Waals surface area (Å²) in [5, 5.41) is 0. The van der Waals surface area contributed by atoms with Crippen LogP contribution in [-0.4, -0.2) is 67.5 Å². The number of hydrogen-bond acceptors (Lipinski definition) is 4. The van der Waals surface area contributed by atoms with Crippen molar-refractivity contribution >= 4 is 11.8 Å². The zero-order valence-electron chi connectivity index (χ0n) is 11.8. The predicted octanol–water partition coefficient (Wildman–Crippen LogP) is 0.397. The molecule has 0 spiro atoms. The summed E-state index contributed by atoms with van der Waals surface area (Å²) in [7, 11) is 4.71. The second kappa shape index (κ2) is 7.54. The number of amides is 2. The van der Waals surface area contributed by atoms with Gasteiger partial charge in [-0.15, -0.1) is 0 Å². The molecule has 6 nitrogen and oxygen atoms in total. The minimum atomic E-state index is -0.735. The Hall–Kier alpha value is -2.02. The van der Waals surface area contributed by atoms with Crippen molar-refractivity contribution in [1.82, 2.24) is 14.8 Å². The van der Waals surface area contributed by atoms with E-state index in [0.29, 0.717) is 6.61 Å². The Kier molecular flexibility index (Phi) is 6.05. The number of rotatable bonds is 6. The van der Waals surface area contributed by atoms with Crippen LogP contribution in [0, 0.1) is 5.95 Å². The van der Waals surface area contributed by atoms with Crippen molar-refractivity contribution < 1.29 is 18.7 Å². The monoisotopic (exact) mass is 283 g/mol. The molecule has 7 heteroatoms. The van der Waals surface area contributed by atoms with Crippen molar-refractivity contribution in [2.75, 3.05) is 40.9 Å². The van der Waals surface area contributed by atoms with E-state index in [1.807, 2.05) is 0 Å². The molecule has 0 fully saturated rings. The standard InChI is InChI=1S/C13H18FN3O3/c1-16(2)12(18)9-17(6-7-20-3)13(19)10-4-5-15-11(14)8-10/h4-5,8H,6-7,9H2,1-3H3. The topological polar surface area (TPSA) is 62.7 Å². The summed E-state index contributed by atoms with van der Waals surface area (Å²) in [6.45, 7) is 0.456. The molecule has 0 radical (unpaired) electrons. The van der Waals surface area contributed by atoms with Crippen LogP contribution in [0.25, 0.3) is 0 Å². The number of nitrogens with zero attached hydrogens (tertiary/aromatic N) is 3. The van der Waals surface area contributed by atoms with Crippen molar-refractivity contribution in [3.8, 4) is 0 Å². The van der Waals surface area contributed by atoms with E-state index in [-0.39, 0.29) is 24.6 Å². The maximum atomic E-state index is 13.1. The van der Waals surface area contributed by atoms with Gasteiger partial charge in [0.1, 0.15) is 6.54 Å². The molecule has 0 aliphatic rings. The number of carbonyl (C=O) groups is 2. The zero-order chi connectivity index (χ0) is 15.1. The molecular formula is C13H18FN3O3. The summed E-state index contributed by atoms with van der Waals surface area (Å²) < 4.78 is 18.0. The van der Waals surface area contributed by atoms with Gasteiger partial charge in [-0.2, -0.15) is 4.39 Å². The second-order valence-corrected chi connectivity index (χ2v) is 4.37. The van der Waals surface area contributed by atoms with Gasteiger partial charge >= 0.3 is 0 Å². The molecular weight excluding hydrogens is 265 g/mol. The molecule has 2 amide bonds. The molecule has 0 saturated heterocycles. The lowest BCUT2D eigenvalue weighted by molar-refractivity contribution is -0.129. The highest BCUT2D eigenvalue weighted by Crippen LogP contribution is 2.06. The van der Waals surface area contributed by atoms with Crippen LogP contribution >= 0.6 is 0 Å². The Morgan fingerprint density at radius 3 is 2.65 bits per heavy atom. The Morgan fingerprint density at radius 1 is 1.40 bits per heavy atom. The fourth-order valence-electron chi connectivity index (χ4n) is 1.48. The first-order valence-electron chi connectivity index (χ1n) is 6.05. The highest BCUT2D eigenvalue weighted by molar-refractivity contribution is 5.96. The molecule has 0 saturated carbocycles. The van der Waals surface area contributed by atoms with Gasteiger partial charge in [0.2, 0.25) is 11.9 Å². The summed E-state index contributed by atoms with van der Waals surface area (Å²) in [6.07, 6.45) is 1.21. The Balaban J connectivity index is 2.86. The van der Waals surface area contributed by atoms with E-state index >= 15 is 0 Å². The summed E-state index contributed by atoms with van der Waals surface area (Å²) >= 11 is 0. The molecule has 1 rings (SSSR count). The van der Waals surface area contributed by atoms with E-state index in [4.69, 9.17) is 4.74 Å². The number of methoxy groups -OCH3 is 1. The van der Waals surface area contributed by atoms with E-state index in [9.17, 15) is 14.0 Å². The SMILES string of the molecule is COCCN(CC(=O)N(C)C)C(=O)c1ccnc(F)c1. The normalized spacial score (nSPS) is 10.2. The number of hydrogen-bond donors (Lipinski definition) is 0. The molecule has 20 heavy (non-hydrogen) atoms. The molecule has 0 aliphatic heterocycles. The molecule has 0 aromatic carbocycles. The van der Waals surface area contributed by atoms with Crippen LogP contribution < -0.4 is 0 Å². The number of ether oxygens (including phenoxy) is 1. The maximum Gasteiger partial charge on any atom is 0.254 e. The molecule has 110 valence electrons. The summed E-state index contributed by atoms with van der Waals surface area (Å²) in [5.41, 5.74) is 0.153. The quantitative estimate of drug-likeness (QED) is 0.709. The third-order valence-electron chi connectivity index (χ3n) is 2.65. The van der Waals surface area contributed by atoms with Crippen LogP contribution in [0.3, 0.4) is 0 Å². The van der Waals surface area contributed by atoms with Gasteiger partial charge in [-0.1, -0.05) is 0 Å². The van der Waals surface area contributed by atoms with Crippen LogP contribution in [0.4, 0.5) is 4.39 Å². The second-order valence-electron chi connectivity index (χ2n) is 4.37. The predicted molar refractivity (Wildman–Crippen MR) is 70.7 cm³/mol. The van der Waals surface area contributed by atoms with Gasteiger partial charge in [-0.25, -0.2) is 4.98 Å². The van der Waals surface area contributed by atoms with Gasteiger partial charge in [-0.05, 0) is 6.07 Å². The van der Waals surface area contributed by atoms with Crippen LogP contribution in [0.1, 0.15) is 10.4 Å². The van der Waals surface area contributed by atoms with E-state index in [0.717, 1.165) is 6.07 Å². The highest BCUT2D eigenvalue weighted by Gasteiger charge is 2.20. The lowest BCUT2D eigenvalue weighted by Crippen LogP contribution is -2.41. The minimum Gasteiger partial charge on any atom is -0.383 e. The third kappa shape index (κ3) is 4.58. The first-order valence-corrected chi connectivity index (χ1v) is 6.05. The molecule has 0 bridgehead atoms. The fraction of sp³-hybridized carbons (Fsp3) is 0.462. The lowest BCUT2D eigenvalue weighted by Gasteiger charge is -2.23. The molecule has 0 unspecified atom stereocenters. The summed E-state index contributed by atoms with van der Waals surface area (Å²) in [6, 6.07) is 2.45. The number of halogens is 1. The average Bonchev–Trinajstić information content (AvgIpc) is 2.42. The number of carbonyl (C=O) groups excluding carboxylic acids is 2. The largest absolute Gasteiger partial charge is 0.383 e. The molecule has 0 N–H and O–H groups in total. The van der Waals surface area contributed by atoms with Crippen molar-refractivity contribution in [1.29, 1.82) is 0 Å². The van der Waals surface area contributed by atoms with Crippen molar-refractivity contribution in [2.45, 2.75) is 0 Å². The van der Waals surface area contributed by atoms with Crippen LogP contribution in [0.2, 0.25) is 0 Å². The number of likely N-dealkylation sites (N-methyl/N-ethyl adjacent to an activating group) is 1. The van der Waals surface area contributed by atoms with Crippen molar-refractivity contribution in [3.05, 3.63) is 29.8 Å². The van der Waals surface area contributed by atoms with Crippen molar-refractivity contribution in [2.24, 2.45) is 0 Å². The Labute approximate surface area is 117 Å². The molecule has 1 heterocycles. The van der Waals surface area contributed by atoms with Gasteiger partial charge in [0.15, 0.2) is 0 Å². The summed E-state index contributed by atoms with van der Waals surface area (Å²) in [4.78, 5) is 30.1. The minimum absolute atomic E-state index is 0.0842. The van der Waals surface area contributed by atoms with E-state index in [1.165, 1.54) is 29.2 Å². The van der Waals surface area contributed by atoms with Crippen molar-refractivity contribution in [3.63, 3.8) is 0 Å². The van der Waals surface area contributed by atoms with Crippen LogP contribution in [0.5, 0.6) is 0 Å². The van der Waals surface area contributed by atoms with Gasteiger partial charge in [0.25, 0.3) is 5.91 Å². The zero-order valence-corrected chi connectivity index (χ0v) is 11.8. The Morgan fingerprint density at radius 2 is 2.10 bits per heavy atom. The van der Waals surface area contributed by atoms with Crippen LogP contribution in [-0.2, 0) is 9.53 Å². The summed E-state index contributed by atoms with van der Waals surface area (Å²) in [5.74, 6) is -1.39. The van der Waals surface area contributed by atoms with E-state index in [2.05, 4.69) is 4.98 Å². The van der Waals surface area contributed by atoms with Gasteiger partial charge < -0.3 is 14.5 Å².